The number of ether oxygens (including phenoxy) is 2. The molecule has 2 aromatic rings. The quantitative estimate of drug-likeness (QED) is 0.914. The highest BCUT2D eigenvalue weighted by molar-refractivity contribution is 7.19. The molecule has 0 spiro atoms. The summed E-state index contributed by atoms with van der Waals surface area (Å²) in [5.41, 5.74) is 7.11. The minimum Gasteiger partial charge on any atom is -0.381 e. The third-order valence-electron chi connectivity index (χ3n) is 3.59. The van der Waals surface area contributed by atoms with E-state index in [2.05, 4.69) is 24.3 Å². The molecule has 0 amide bonds. The summed E-state index contributed by atoms with van der Waals surface area (Å²) >= 11 is 1.78. The zero-order chi connectivity index (χ0) is 13.1. The van der Waals surface area contributed by atoms with Crippen molar-refractivity contribution in [2.24, 2.45) is 11.7 Å². The zero-order valence-corrected chi connectivity index (χ0v) is 11.7. The van der Waals surface area contributed by atoms with Crippen LogP contribution in [0.3, 0.4) is 0 Å². The molecule has 1 aromatic carbocycles. The molecule has 19 heavy (non-hydrogen) atoms. The fraction of sp³-hybridized carbons (Fsp3) is 0.467. The van der Waals surface area contributed by atoms with Crippen molar-refractivity contribution in [1.82, 2.24) is 0 Å². The number of hydrogen-bond acceptors (Lipinski definition) is 4. The van der Waals surface area contributed by atoms with Crippen molar-refractivity contribution in [2.75, 3.05) is 19.8 Å². The smallest absolute Gasteiger partial charge is 0.0734 e. The molecule has 1 unspecified atom stereocenters. The standard InChI is InChI=1S/C15H19NO2S/c16-7-15-13(10-18-9-11-5-6-17-8-11)12-3-1-2-4-14(12)19-15/h1-4,11H,5-10,16H2. The van der Waals surface area contributed by atoms with Gasteiger partial charge in [0.25, 0.3) is 0 Å². The maximum Gasteiger partial charge on any atom is 0.0734 e. The van der Waals surface area contributed by atoms with Gasteiger partial charge in [-0.1, -0.05) is 18.2 Å². The van der Waals surface area contributed by atoms with Crippen molar-refractivity contribution in [2.45, 2.75) is 19.6 Å². The average molecular weight is 277 g/mol. The highest BCUT2D eigenvalue weighted by Gasteiger charge is 2.16. The van der Waals surface area contributed by atoms with Gasteiger partial charge in [0.2, 0.25) is 0 Å². The van der Waals surface area contributed by atoms with Gasteiger partial charge in [0.1, 0.15) is 0 Å². The van der Waals surface area contributed by atoms with Crippen LogP contribution in [0.5, 0.6) is 0 Å². The normalized spacial score (nSPS) is 19.3. The molecule has 1 atom stereocenters. The van der Waals surface area contributed by atoms with Crippen LogP contribution in [-0.2, 0) is 22.6 Å². The Morgan fingerprint density at radius 2 is 2.26 bits per heavy atom. The maximum atomic E-state index is 5.88. The molecule has 0 bridgehead atoms. The molecular weight excluding hydrogens is 258 g/mol. The first-order valence-corrected chi connectivity index (χ1v) is 7.55. The van der Waals surface area contributed by atoms with Gasteiger partial charge >= 0.3 is 0 Å². The number of thiophene rings is 1. The van der Waals surface area contributed by atoms with E-state index in [1.54, 1.807) is 11.3 Å². The van der Waals surface area contributed by atoms with Crippen LogP contribution in [0.25, 0.3) is 10.1 Å². The largest absolute Gasteiger partial charge is 0.381 e. The van der Waals surface area contributed by atoms with E-state index >= 15 is 0 Å². The second-order valence-electron chi connectivity index (χ2n) is 4.95. The van der Waals surface area contributed by atoms with Gasteiger partial charge in [0.15, 0.2) is 0 Å². The van der Waals surface area contributed by atoms with Crippen LogP contribution in [0.15, 0.2) is 24.3 Å². The first kappa shape index (κ1) is 13.1. The summed E-state index contributed by atoms with van der Waals surface area (Å²) in [6, 6.07) is 8.44. The summed E-state index contributed by atoms with van der Waals surface area (Å²) in [7, 11) is 0. The molecular formula is C15H19NO2S. The number of fused-ring (bicyclic) bond motifs is 1. The lowest BCUT2D eigenvalue weighted by Gasteiger charge is -2.09. The topological polar surface area (TPSA) is 44.5 Å². The molecule has 3 rings (SSSR count). The van der Waals surface area contributed by atoms with E-state index < -0.39 is 0 Å². The summed E-state index contributed by atoms with van der Waals surface area (Å²) in [5.74, 6) is 0.561. The molecule has 1 fully saturated rings. The van der Waals surface area contributed by atoms with Crippen LogP contribution in [0.4, 0.5) is 0 Å². The predicted octanol–water partition coefficient (Wildman–Crippen LogP) is 2.91. The predicted molar refractivity (Wildman–Crippen MR) is 78.3 cm³/mol. The Balaban J connectivity index is 1.71. The van der Waals surface area contributed by atoms with Gasteiger partial charge in [-0.2, -0.15) is 0 Å². The third kappa shape index (κ3) is 2.82. The van der Waals surface area contributed by atoms with Gasteiger partial charge in [0, 0.05) is 34.2 Å². The minimum atomic E-state index is 0.561. The summed E-state index contributed by atoms with van der Waals surface area (Å²) < 4.78 is 12.5. The molecule has 2 N–H and O–H groups in total. The maximum absolute atomic E-state index is 5.88. The van der Waals surface area contributed by atoms with Gasteiger partial charge in [-0.25, -0.2) is 0 Å². The van der Waals surface area contributed by atoms with Gasteiger partial charge in [-0.3, -0.25) is 0 Å². The Bertz CT molecular complexity index is 546. The van der Waals surface area contributed by atoms with Crippen LogP contribution < -0.4 is 5.73 Å². The Kier molecular flexibility index (Phi) is 4.13. The first-order chi connectivity index (χ1) is 9.38. The highest BCUT2D eigenvalue weighted by Crippen LogP contribution is 2.31. The fourth-order valence-electron chi connectivity index (χ4n) is 2.52. The number of rotatable bonds is 5. The van der Waals surface area contributed by atoms with Gasteiger partial charge in [-0.05, 0) is 17.9 Å². The van der Waals surface area contributed by atoms with Crippen molar-refractivity contribution in [1.29, 1.82) is 0 Å². The second kappa shape index (κ2) is 6.01. The molecule has 4 heteroatoms. The average Bonchev–Trinajstić information content (AvgIpc) is 3.06. The van der Waals surface area contributed by atoms with E-state index in [1.165, 1.54) is 20.5 Å². The van der Waals surface area contributed by atoms with E-state index in [0.717, 1.165) is 26.2 Å². The van der Waals surface area contributed by atoms with Crippen LogP contribution in [0, 0.1) is 5.92 Å². The Morgan fingerprint density at radius 1 is 1.37 bits per heavy atom. The summed E-state index contributed by atoms with van der Waals surface area (Å²) in [6.45, 7) is 3.75. The lowest BCUT2D eigenvalue weighted by Crippen LogP contribution is -2.09. The molecule has 1 aliphatic heterocycles. The van der Waals surface area contributed by atoms with Crippen molar-refractivity contribution >= 4 is 21.4 Å². The second-order valence-corrected chi connectivity index (χ2v) is 6.09. The SMILES string of the molecule is NCc1sc2ccccc2c1COCC1CCOC1. The molecule has 0 saturated carbocycles. The number of benzene rings is 1. The summed E-state index contributed by atoms with van der Waals surface area (Å²) in [4.78, 5) is 1.24. The first-order valence-electron chi connectivity index (χ1n) is 6.73. The monoisotopic (exact) mass is 277 g/mol. The van der Waals surface area contributed by atoms with Gasteiger partial charge in [-0.15, -0.1) is 11.3 Å². The summed E-state index contributed by atoms with van der Waals surface area (Å²) in [5, 5.41) is 1.29. The lowest BCUT2D eigenvalue weighted by atomic mass is 10.1. The molecule has 1 aromatic heterocycles. The molecule has 1 aliphatic rings. The molecule has 102 valence electrons. The molecule has 2 heterocycles. The van der Waals surface area contributed by atoms with Gasteiger partial charge in [0.05, 0.1) is 19.8 Å². The van der Waals surface area contributed by atoms with E-state index in [0.29, 0.717) is 19.1 Å². The molecule has 1 saturated heterocycles. The Morgan fingerprint density at radius 3 is 3.05 bits per heavy atom. The number of hydrogen-bond donors (Lipinski definition) is 1. The summed E-state index contributed by atoms with van der Waals surface area (Å²) in [6.07, 6.45) is 1.12. The zero-order valence-electron chi connectivity index (χ0n) is 10.9. The van der Waals surface area contributed by atoms with Crippen molar-refractivity contribution in [3.63, 3.8) is 0 Å². The molecule has 0 aliphatic carbocycles. The van der Waals surface area contributed by atoms with Crippen LogP contribution in [0.1, 0.15) is 16.9 Å². The van der Waals surface area contributed by atoms with Crippen molar-refractivity contribution < 1.29 is 9.47 Å². The lowest BCUT2D eigenvalue weighted by molar-refractivity contribution is 0.0796. The molecule has 3 nitrogen and oxygen atoms in total. The minimum absolute atomic E-state index is 0.561. The van der Waals surface area contributed by atoms with Crippen LogP contribution in [-0.4, -0.2) is 19.8 Å². The van der Waals surface area contributed by atoms with E-state index in [1.807, 2.05) is 0 Å². The fourth-order valence-corrected chi connectivity index (χ4v) is 3.60. The van der Waals surface area contributed by atoms with E-state index in [4.69, 9.17) is 15.2 Å². The van der Waals surface area contributed by atoms with Crippen molar-refractivity contribution in [3.8, 4) is 0 Å². The van der Waals surface area contributed by atoms with Gasteiger partial charge < -0.3 is 15.2 Å². The van der Waals surface area contributed by atoms with E-state index in [9.17, 15) is 0 Å². The Hall–Kier alpha value is -0.940. The molecule has 0 radical (unpaired) electrons. The van der Waals surface area contributed by atoms with Crippen LogP contribution in [0.2, 0.25) is 0 Å². The number of nitrogens with two attached hydrogens (primary N) is 1. The highest BCUT2D eigenvalue weighted by atomic mass is 32.1. The van der Waals surface area contributed by atoms with Crippen LogP contribution >= 0.6 is 11.3 Å². The third-order valence-corrected chi connectivity index (χ3v) is 4.83. The Labute approximate surface area is 117 Å². The van der Waals surface area contributed by atoms with Crippen molar-refractivity contribution in [3.05, 3.63) is 34.7 Å². The van der Waals surface area contributed by atoms with E-state index in [-0.39, 0.29) is 0 Å².